The standard InChI is InChI=1S/C22H16BrClN4O2S/c23-14-9-10-19(29)18(11-14)21-26-27-22(28(21)17-7-2-1-3-8-17)31-13-20(30)25-16-6-4-5-15(24)12-16/h1-12,29H,13H2,(H,25,30). The van der Waals surface area contributed by atoms with E-state index in [-0.39, 0.29) is 17.4 Å². The number of hydrogen-bond acceptors (Lipinski definition) is 5. The summed E-state index contributed by atoms with van der Waals surface area (Å²) in [4.78, 5) is 12.4. The maximum Gasteiger partial charge on any atom is 0.234 e. The number of nitrogens with zero attached hydrogens (tertiary/aromatic N) is 3. The molecule has 0 aliphatic carbocycles. The van der Waals surface area contributed by atoms with Crippen LogP contribution in [0.4, 0.5) is 5.69 Å². The minimum atomic E-state index is -0.193. The molecule has 0 radical (unpaired) electrons. The first-order valence-corrected chi connectivity index (χ1v) is 11.3. The molecule has 1 aromatic heterocycles. The molecule has 3 aromatic carbocycles. The minimum absolute atomic E-state index is 0.0861. The molecular formula is C22H16BrClN4O2S. The Hall–Kier alpha value is -2.81. The SMILES string of the molecule is O=C(CSc1nnc(-c2cc(Br)ccc2O)n1-c1ccccc1)Nc1cccc(Cl)c1. The van der Waals surface area contributed by atoms with Gasteiger partial charge in [0, 0.05) is 20.9 Å². The van der Waals surface area contributed by atoms with E-state index >= 15 is 0 Å². The Labute approximate surface area is 196 Å². The zero-order valence-corrected chi connectivity index (χ0v) is 19.2. The van der Waals surface area contributed by atoms with Gasteiger partial charge in [0.15, 0.2) is 11.0 Å². The first-order valence-electron chi connectivity index (χ1n) is 9.19. The number of para-hydroxylation sites is 1. The number of anilines is 1. The predicted molar refractivity (Wildman–Crippen MR) is 127 cm³/mol. The van der Waals surface area contributed by atoms with Crippen molar-refractivity contribution in [3.05, 3.63) is 82.3 Å². The van der Waals surface area contributed by atoms with Crippen LogP contribution in [0, 0.1) is 0 Å². The average molecular weight is 516 g/mol. The molecule has 2 N–H and O–H groups in total. The van der Waals surface area contributed by atoms with E-state index in [0.717, 1.165) is 10.2 Å². The van der Waals surface area contributed by atoms with Gasteiger partial charge in [-0.1, -0.05) is 63.6 Å². The quantitative estimate of drug-likeness (QED) is 0.318. The predicted octanol–water partition coefficient (Wildman–Crippen LogP) is 5.79. The molecule has 0 spiro atoms. The lowest BCUT2D eigenvalue weighted by molar-refractivity contribution is -0.113. The van der Waals surface area contributed by atoms with Gasteiger partial charge in [-0.2, -0.15) is 0 Å². The van der Waals surface area contributed by atoms with Crippen molar-refractivity contribution in [2.45, 2.75) is 5.16 Å². The third-order valence-electron chi connectivity index (χ3n) is 4.29. The fraction of sp³-hybridized carbons (Fsp3) is 0.0455. The average Bonchev–Trinajstić information content (AvgIpc) is 3.18. The molecule has 9 heteroatoms. The van der Waals surface area contributed by atoms with Gasteiger partial charge in [0.05, 0.1) is 11.3 Å². The van der Waals surface area contributed by atoms with Crippen molar-refractivity contribution < 1.29 is 9.90 Å². The van der Waals surface area contributed by atoms with E-state index < -0.39 is 0 Å². The monoisotopic (exact) mass is 514 g/mol. The van der Waals surface area contributed by atoms with Crippen LogP contribution in [0.3, 0.4) is 0 Å². The highest BCUT2D eigenvalue weighted by Gasteiger charge is 2.19. The second-order valence-electron chi connectivity index (χ2n) is 6.49. The Morgan fingerprint density at radius 3 is 2.65 bits per heavy atom. The van der Waals surface area contributed by atoms with E-state index in [1.165, 1.54) is 11.8 Å². The van der Waals surface area contributed by atoms with Gasteiger partial charge < -0.3 is 10.4 Å². The Morgan fingerprint density at radius 2 is 1.87 bits per heavy atom. The second-order valence-corrected chi connectivity index (χ2v) is 8.78. The molecule has 4 aromatic rings. The largest absolute Gasteiger partial charge is 0.507 e. The highest BCUT2D eigenvalue weighted by atomic mass is 79.9. The fourth-order valence-corrected chi connectivity index (χ4v) is 4.23. The third kappa shape index (κ3) is 5.10. The van der Waals surface area contributed by atoms with Crippen molar-refractivity contribution >= 4 is 50.9 Å². The number of nitrogens with one attached hydrogen (secondary N) is 1. The van der Waals surface area contributed by atoms with E-state index in [2.05, 4.69) is 31.4 Å². The highest BCUT2D eigenvalue weighted by Crippen LogP contribution is 2.34. The maximum absolute atomic E-state index is 12.4. The summed E-state index contributed by atoms with van der Waals surface area (Å²) in [5.41, 5.74) is 1.97. The summed E-state index contributed by atoms with van der Waals surface area (Å²) in [5.74, 6) is 0.495. The van der Waals surface area contributed by atoms with Gasteiger partial charge in [0.2, 0.25) is 5.91 Å². The van der Waals surface area contributed by atoms with Gasteiger partial charge in [-0.3, -0.25) is 9.36 Å². The van der Waals surface area contributed by atoms with Crippen molar-refractivity contribution in [2.75, 3.05) is 11.1 Å². The van der Waals surface area contributed by atoms with Gasteiger partial charge in [-0.25, -0.2) is 0 Å². The van der Waals surface area contributed by atoms with E-state index in [4.69, 9.17) is 11.6 Å². The van der Waals surface area contributed by atoms with Crippen LogP contribution in [0.25, 0.3) is 17.1 Å². The molecule has 0 fully saturated rings. The number of carbonyl (C=O) groups is 1. The minimum Gasteiger partial charge on any atom is -0.507 e. The smallest absolute Gasteiger partial charge is 0.234 e. The molecule has 0 aliphatic rings. The number of halogens is 2. The molecule has 0 bridgehead atoms. The van der Waals surface area contributed by atoms with E-state index in [1.807, 2.05) is 34.9 Å². The molecule has 31 heavy (non-hydrogen) atoms. The summed E-state index contributed by atoms with van der Waals surface area (Å²) in [6.07, 6.45) is 0. The topological polar surface area (TPSA) is 80.0 Å². The number of hydrogen-bond donors (Lipinski definition) is 2. The van der Waals surface area contributed by atoms with Gasteiger partial charge >= 0.3 is 0 Å². The zero-order valence-electron chi connectivity index (χ0n) is 16.0. The zero-order chi connectivity index (χ0) is 21.8. The summed E-state index contributed by atoms with van der Waals surface area (Å²) in [5, 5.41) is 22.9. The summed E-state index contributed by atoms with van der Waals surface area (Å²) >= 11 is 10.7. The molecule has 0 atom stereocenters. The molecular weight excluding hydrogens is 500 g/mol. The Balaban J connectivity index is 1.63. The van der Waals surface area contributed by atoms with Gasteiger partial charge in [-0.15, -0.1) is 10.2 Å². The molecule has 0 aliphatic heterocycles. The molecule has 156 valence electrons. The number of carbonyl (C=O) groups excluding carboxylic acids is 1. The number of phenolic OH excluding ortho intramolecular Hbond substituents is 1. The van der Waals surface area contributed by atoms with Crippen LogP contribution in [-0.4, -0.2) is 31.5 Å². The lowest BCUT2D eigenvalue weighted by Gasteiger charge is -2.11. The van der Waals surface area contributed by atoms with Gasteiger partial charge in [0.25, 0.3) is 0 Å². The number of benzene rings is 3. The lowest BCUT2D eigenvalue weighted by atomic mass is 10.2. The van der Waals surface area contributed by atoms with E-state index in [1.54, 1.807) is 42.5 Å². The number of aromatic hydroxyl groups is 1. The van der Waals surface area contributed by atoms with Crippen LogP contribution in [0.5, 0.6) is 5.75 Å². The normalized spacial score (nSPS) is 10.8. The van der Waals surface area contributed by atoms with E-state index in [0.29, 0.717) is 27.3 Å². The second kappa shape index (κ2) is 9.55. The van der Waals surface area contributed by atoms with Crippen LogP contribution in [-0.2, 0) is 4.79 Å². The van der Waals surface area contributed by atoms with E-state index in [9.17, 15) is 9.90 Å². The molecule has 1 amide bonds. The summed E-state index contributed by atoms with van der Waals surface area (Å²) in [6.45, 7) is 0. The Kier molecular flexibility index (Phi) is 6.60. The highest BCUT2D eigenvalue weighted by molar-refractivity contribution is 9.10. The Morgan fingerprint density at radius 1 is 1.06 bits per heavy atom. The number of rotatable bonds is 6. The molecule has 4 rings (SSSR count). The number of aromatic nitrogens is 3. The summed E-state index contributed by atoms with van der Waals surface area (Å²) in [6, 6.07) is 21.6. The van der Waals surface area contributed by atoms with Crippen molar-refractivity contribution in [1.29, 1.82) is 0 Å². The number of thioether (sulfide) groups is 1. The lowest BCUT2D eigenvalue weighted by Crippen LogP contribution is -2.14. The molecule has 0 saturated heterocycles. The van der Waals surface area contributed by atoms with Gasteiger partial charge in [0.1, 0.15) is 5.75 Å². The van der Waals surface area contributed by atoms with Crippen molar-refractivity contribution in [2.24, 2.45) is 0 Å². The van der Waals surface area contributed by atoms with Crippen molar-refractivity contribution in [1.82, 2.24) is 14.8 Å². The fourth-order valence-electron chi connectivity index (χ4n) is 2.93. The molecule has 6 nitrogen and oxygen atoms in total. The molecule has 0 saturated carbocycles. The van der Waals surface area contributed by atoms with Crippen molar-refractivity contribution in [3.8, 4) is 22.8 Å². The summed E-state index contributed by atoms with van der Waals surface area (Å²) in [7, 11) is 0. The van der Waals surface area contributed by atoms with Crippen LogP contribution in [0.1, 0.15) is 0 Å². The number of phenols is 1. The third-order valence-corrected chi connectivity index (χ3v) is 5.95. The van der Waals surface area contributed by atoms with Gasteiger partial charge in [-0.05, 0) is 48.5 Å². The maximum atomic E-state index is 12.4. The first kappa shape index (κ1) is 21.4. The van der Waals surface area contributed by atoms with Crippen molar-refractivity contribution in [3.63, 3.8) is 0 Å². The first-order chi connectivity index (χ1) is 15.0. The number of amides is 1. The molecule has 0 unspecified atom stereocenters. The summed E-state index contributed by atoms with van der Waals surface area (Å²) < 4.78 is 2.62. The van der Waals surface area contributed by atoms with Crippen LogP contribution < -0.4 is 5.32 Å². The molecule has 1 heterocycles. The van der Waals surface area contributed by atoms with Crippen LogP contribution in [0.2, 0.25) is 5.02 Å². The Bertz CT molecular complexity index is 1230. The van der Waals surface area contributed by atoms with Crippen LogP contribution >= 0.6 is 39.3 Å². The van der Waals surface area contributed by atoms with Crippen LogP contribution in [0.15, 0.2) is 82.4 Å².